The number of benzene rings is 6. The van der Waals surface area contributed by atoms with Gasteiger partial charge in [0.1, 0.15) is 57.2 Å². The number of halogens is 35. The Labute approximate surface area is 769 Å². The first-order valence-electron chi connectivity index (χ1n) is 42.3. The van der Waals surface area contributed by atoms with Crippen molar-refractivity contribution >= 4 is 78.6 Å². The number of aliphatic imine (C=N–C) groups is 2. The third-order valence-corrected chi connectivity index (χ3v) is 22.2. The van der Waals surface area contributed by atoms with Crippen LogP contribution in [0.5, 0.6) is 0 Å². The van der Waals surface area contributed by atoms with E-state index in [1.165, 1.54) is 17.4 Å². The number of likely N-dealkylation sites (N-methyl/N-ethyl adjacent to an activating group) is 1. The van der Waals surface area contributed by atoms with Gasteiger partial charge in [-0.15, -0.1) is 0 Å². The summed E-state index contributed by atoms with van der Waals surface area (Å²) >= 11 is 0. The molecule has 140 heavy (non-hydrogen) atoms. The highest BCUT2D eigenvalue weighted by molar-refractivity contribution is 6.08. The second-order valence-corrected chi connectivity index (χ2v) is 33.5. The van der Waals surface area contributed by atoms with Gasteiger partial charge in [-0.2, -0.15) is 154 Å². The lowest BCUT2D eigenvalue weighted by molar-refractivity contribution is -0.144. The summed E-state index contributed by atoms with van der Waals surface area (Å²) in [6.45, 7) is 6.68. The second kappa shape index (κ2) is 42.4. The van der Waals surface area contributed by atoms with Crippen molar-refractivity contribution in [2.45, 2.75) is 223 Å². The normalized spacial score (nSPS) is 16.6. The lowest BCUT2D eigenvalue weighted by Gasteiger charge is -2.25. The zero-order chi connectivity index (χ0) is 104. The van der Waals surface area contributed by atoms with Crippen molar-refractivity contribution < 1.29 is 168 Å². The molecule has 1 unspecified atom stereocenters. The Balaban J connectivity index is 0.000000173. The Morgan fingerprint density at radius 1 is 0.486 bits per heavy atom. The number of ether oxygens (including phenoxy) is 1. The molecule has 768 valence electrons. The number of alkyl halides is 35. The molecule has 0 spiro atoms. The molecule has 4 aliphatic heterocycles. The van der Waals surface area contributed by atoms with E-state index in [1.807, 2.05) is 13.8 Å². The van der Waals surface area contributed by atoms with Gasteiger partial charge < -0.3 is 45.5 Å². The van der Waals surface area contributed by atoms with Gasteiger partial charge in [0, 0.05) is 63.2 Å². The summed E-state index contributed by atoms with van der Waals surface area (Å²) < 4.78 is 459. The van der Waals surface area contributed by atoms with Crippen LogP contribution in [0.2, 0.25) is 0 Å². The molecule has 1 saturated carbocycles. The van der Waals surface area contributed by atoms with Crippen molar-refractivity contribution in [3.05, 3.63) is 186 Å². The quantitative estimate of drug-likeness (QED) is 0.0484. The van der Waals surface area contributed by atoms with Crippen LogP contribution >= 0.6 is 0 Å². The Kier molecular flexibility index (Phi) is 33.5. The SMILES string of the molecule is CC(F)(F)C1=NCC(c2nc3c(C(F)(F)F)cc(C(F)(F)F)cc3[nH]2)=C1.CNCCC1=Nc2cc(C(F)(F)F)cc(C(F)(F)F)c2C1.CN[C@@H](CC(C)C)C(=O)NCc1cc(C(F)(F)F)cc(C(F)(F)F)c1.Cc1cc(C(F)(F)F)c2nc(C3CCCCC3)[nH]c2c1.FC(F)(F)c1cc(C(F)(F)F)c2nc(C3CCCCO3)[nH]c2c1.O=C1CCCCN1Cc1nc2c(C(F)(F)F)cc(C(F)(F)F)cc2[nH]1. The van der Waals surface area contributed by atoms with Crippen LogP contribution < -0.4 is 16.0 Å². The molecular formula is C88H83F35N14O3. The van der Waals surface area contributed by atoms with E-state index >= 15 is 0 Å². The number of aryl methyl sites for hydroxylation is 1. The van der Waals surface area contributed by atoms with Crippen molar-refractivity contribution in [3.8, 4) is 0 Å². The summed E-state index contributed by atoms with van der Waals surface area (Å²) in [6, 6.07) is 6.29. The summed E-state index contributed by atoms with van der Waals surface area (Å²) in [5.41, 5.74) is -17.3. The molecule has 5 aliphatic rings. The largest absolute Gasteiger partial charge is 0.418 e. The number of hydrogen-bond donors (Lipinski definition) is 7. The number of H-pyrrole nitrogens is 4. The molecular weight excluding hydrogens is 1970 g/mol. The van der Waals surface area contributed by atoms with Crippen LogP contribution in [0.4, 0.5) is 159 Å². The monoisotopic (exact) mass is 2050 g/mol. The molecule has 3 fully saturated rings. The molecule has 52 heteroatoms. The van der Waals surface area contributed by atoms with E-state index in [1.54, 1.807) is 27.1 Å². The first-order valence-corrected chi connectivity index (χ1v) is 42.3. The number of imidazole rings is 4. The van der Waals surface area contributed by atoms with Gasteiger partial charge in [0.2, 0.25) is 11.8 Å². The maximum atomic E-state index is 13.2. The van der Waals surface area contributed by atoms with Gasteiger partial charge in [0.05, 0.1) is 108 Å². The van der Waals surface area contributed by atoms with E-state index in [0.717, 1.165) is 63.3 Å². The molecule has 10 aromatic rings. The molecule has 2 atom stereocenters. The maximum Gasteiger partial charge on any atom is 0.418 e. The molecule has 2 saturated heterocycles. The van der Waals surface area contributed by atoms with Gasteiger partial charge in [0.15, 0.2) is 0 Å². The van der Waals surface area contributed by atoms with E-state index < -0.39 is 187 Å². The summed E-state index contributed by atoms with van der Waals surface area (Å²) in [4.78, 5) is 58.8. The van der Waals surface area contributed by atoms with Crippen molar-refractivity contribution in [3.63, 3.8) is 0 Å². The molecule has 0 bridgehead atoms. The minimum absolute atomic E-state index is 0.0232. The predicted octanol–water partition coefficient (Wildman–Crippen LogP) is 26.9. The van der Waals surface area contributed by atoms with Crippen molar-refractivity contribution in [2.24, 2.45) is 15.9 Å². The van der Waals surface area contributed by atoms with E-state index in [2.05, 4.69) is 65.8 Å². The van der Waals surface area contributed by atoms with Gasteiger partial charge >= 0.3 is 67.9 Å². The van der Waals surface area contributed by atoms with Crippen LogP contribution in [0, 0.1) is 12.8 Å². The Morgan fingerprint density at radius 2 is 0.936 bits per heavy atom. The number of amides is 2. The smallest absolute Gasteiger partial charge is 0.370 e. The van der Waals surface area contributed by atoms with Crippen molar-refractivity contribution in [2.75, 3.05) is 40.3 Å². The zero-order valence-electron chi connectivity index (χ0n) is 73.6. The first-order chi connectivity index (χ1) is 64.4. The number of nitrogens with zero attached hydrogens (tertiary/aromatic N) is 7. The molecule has 1 aliphatic carbocycles. The number of aromatic nitrogens is 8. The van der Waals surface area contributed by atoms with Crippen LogP contribution in [-0.2, 0) is 102 Å². The summed E-state index contributed by atoms with van der Waals surface area (Å²) in [5, 5.41) is 7.96. The number of allylic oxidation sites excluding steroid dienone is 1. The summed E-state index contributed by atoms with van der Waals surface area (Å²) in [5.74, 6) is -2.80. The second-order valence-electron chi connectivity index (χ2n) is 33.5. The molecule has 15 rings (SSSR count). The van der Waals surface area contributed by atoms with Gasteiger partial charge in [-0.3, -0.25) is 19.6 Å². The van der Waals surface area contributed by atoms with E-state index in [9.17, 15) is 163 Å². The fourth-order valence-corrected chi connectivity index (χ4v) is 15.5. The third-order valence-electron chi connectivity index (χ3n) is 22.2. The highest BCUT2D eigenvalue weighted by Crippen LogP contribution is 2.49. The van der Waals surface area contributed by atoms with Crippen LogP contribution in [0.3, 0.4) is 0 Å². The maximum absolute atomic E-state index is 13.2. The molecule has 17 nitrogen and oxygen atoms in total. The lowest BCUT2D eigenvalue weighted by atomic mass is 9.89. The highest BCUT2D eigenvalue weighted by atomic mass is 19.5. The third kappa shape index (κ3) is 28.8. The zero-order valence-corrected chi connectivity index (χ0v) is 73.6. The van der Waals surface area contributed by atoms with Crippen LogP contribution in [0.15, 0.2) is 94.9 Å². The average molecular weight is 2050 g/mol. The van der Waals surface area contributed by atoms with Crippen molar-refractivity contribution in [1.29, 1.82) is 0 Å². The average Bonchev–Trinajstić information content (AvgIpc) is 1.60. The highest BCUT2D eigenvalue weighted by Gasteiger charge is 2.47. The van der Waals surface area contributed by atoms with Gasteiger partial charge in [-0.25, -0.2) is 19.9 Å². The fourth-order valence-electron chi connectivity index (χ4n) is 15.5. The summed E-state index contributed by atoms with van der Waals surface area (Å²) in [6.07, 6.45) is -42.8. The van der Waals surface area contributed by atoms with Crippen LogP contribution in [-0.4, -0.2) is 120 Å². The topological polar surface area (TPSA) is 222 Å². The lowest BCUT2D eigenvalue weighted by Crippen LogP contribution is -2.43. The fraction of sp³-hybridized carbons (Fsp3) is 0.477. The van der Waals surface area contributed by atoms with E-state index in [0.29, 0.717) is 105 Å². The Morgan fingerprint density at radius 3 is 1.40 bits per heavy atom. The van der Waals surface area contributed by atoms with Crippen LogP contribution in [0.25, 0.3) is 49.7 Å². The van der Waals surface area contributed by atoms with Crippen molar-refractivity contribution in [1.82, 2.24) is 60.7 Å². The first kappa shape index (κ1) is 111. The number of aromatic amines is 4. The molecule has 4 aromatic heterocycles. The summed E-state index contributed by atoms with van der Waals surface area (Å²) in [7, 11) is 3.23. The standard InChI is InChI=1S/C16H20F6N2O.C15H9F8N3.C15H13F6N3O.C15H17F3N2.C14H12F6N2O.C13H12F6N2/c1-9(2)4-13(23-3)14(25)24-8-10-5-11(15(17,18)19)7-12(6-10)16(20,21)22;1-13(16,17)10-2-6(5-24-10)12-25-9-4-7(14(18,19)20)3-8(11(9)26-12)15(21,22)23;16-14(17,18)8-5-9(15(19,20)21)13-10(6-8)22-11(23-13)7-24-4-2-1-3-12(24)25;1-9-7-11(15(16,17)18)13-12(8-9)19-14(20-13)10-5-3-2-4-6-10;15-13(16,17)7-5-8(14(18,19)20)11-9(6-7)21-12(22-11)10-3-1-2-4-23-10;1-20-3-2-8-6-9-10(13(17,18)19)4-7(12(14,15)16)5-11(9)21-8/h5-7,9,13,23H,4,8H2,1-3H3,(H,24,25);2-4H,5H2,1H3,(H,25,26);5-6H,1-4,7H2,(H,22,23);7-8,10H,2-6H2,1H3,(H,19,20);5-6,10H,1-4H2,(H,21,22);4-5,20H,2-3,6H2,1H3/t13-;;;;;/m0...../s1. The van der Waals surface area contributed by atoms with Gasteiger partial charge in [0.25, 0.3) is 5.92 Å². The predicted molar refractivity (Wildman–Crippen MR) is 439 cm³/mol. The number of likely N-dealkylation sites (tertiary alicyclic amines) is 1. The molecule has 7 N–H and O–H groups in total. The van der Waals surface area contributed by atoms with E-state index in [-0.39, 0.29) is 124 Å². The number of fused-ring (bicyclic) bond motifs is 5. The number of hydrogen-bond acceptors (Lipinski definition) is 11. The van der Waals surface area contributed by atoms with Gasteiger partial charge in [-0.1, -0.05) is 33.1 Å². The number of carbonyl (C=O) groups excluding carboxylic acids is 2. The molecule has 8 heterocycles. The molecule has 6 aromatic carbocycles. The number of piperidine rings is 1. The minimum Gasteiger partial charge on any atom is -0.370 e. The molecule has 2 amide bonds. The number of rotatable bonds is 15. The van der Waals surface area contributed by atoms with Gasteiger partial charge in [-0.05, 0) is 186 Å². The van der Waals surface area contributed by atoms with Crippen LogP contribution in [0.1, 0.15) is 217 Å². The number of nitrogens with one attached hydrogen (secondary N) is 7. The minimum atomic E-state index is -5.08. The molecule has 0 radical (unpaired) electrons. The number of carbonyl (C=O) groups is 2. The Hall–Kier alpha value is -11.4. The Bertz CT molecular complexity index is 6090. The van der Waals surface area contributed by atoms with E-state index in [4.69, 9.17) is 4.74 Å².